The number of carbonyl (C=O) groups is 1. The number of carbonyl (C=O) groups excluding carboxylic acids is 1. The Hall–Kier alpha value is -1.91. The summed E-state index contributed by atoms with van der Waals surface area (Å²) < 4.78 is 0.693. The second-order valence-corrected chi connectivity index (χ2v) is 5.69. The molecule has 1 N–H and O–H groups in total. The van der Waals surface area contributed by atoms with Gasteiger partial charge >= 0.3 is 0 Å². The lowest BCUT2D eigenvalue weighted by molar-refractivity contribution is 0.102. The predicted octanol–water partition coefficient (Wildman–Crippen LogP) is 4.90. The molecule has 0 unspecified atom stereocenters. The molecule has 0 atom stereocenters. The fraction of sp³-hybridized carbons (Fsp3) is 0. The first-order valence-electron chi connectivity index (χ1n) is 6.25. The van der Waals surface area contributed by atoms with E-state index in [9.17, 15) is 4.79 Å². The van der Waals surface area contributed by atoms with Gasteiger partial charge in [0.25, 0.3) is 5.91 Å². The number of pyridine rings is 1. The molecule has 3 nitrogen and oxygen atoms in total. The quantitative estimate of drug-likeness (QED) is 0.705. The molecule has 104 valence electrons. The Morgan fingerprint density at radius 1 is 1.14 bits per heavy atom. The molecule has 0 radical (unpaired) electrons. The molecule has 21 heavy (non-hydrogen) atoms. The van der Waals surface area contributed by atoms with Crippen LogP contribution in [0.3, 0.4) is 0 Å². The molecule has 1 aromatic heterocycles. The lowest BCUT2D eigenvalue weighted by Gasteiger charge is -2.10. The number of nitrogens with one attached hydrogen (secondary N) is 1. The van der Waals surface area contributed by atoms with E-state index < -0.39 is 0 Å². The van der Waals surface area contributed by atoms with Crippen molar-refractivity contribution in [2.75, 3.05) is 5.32 Å². The van der Waals surface area contributed by atoms with Crippen LogP contribution in [0, 0.1) is 0 Å². The third-order valence-corrected chi connectivity index (χ3v) is 4.42. The van der Waals surface area contributed by atoms with Crippen molar-refractivity contribution in [2.24, 2.45) is 0 Å². The van der Waals surface area contributed by atoms with Gasteiger partial charge in [0, 0.05) is 33.3 Å². The summed E-state index contributed by atoms with van der Waals surface area (Å²) in [4.78, 5) is 16.5. The van der Waals surface area contributed by atoms with Crippen molar-refractivity contribution in [2.45, 2.75) is 0 Å². The molecule has 0 aliphatic rings. The van der Waals surface area contributed by atoms with Gasteiger partial charge < -0.3 is 5.32 Å². The van der Waals surface area contributed by atoms with E-state index in [4.69, 9.17) is 11.6 Å². The first kappa shape index (κ1) is 14.0. The number of aromatic nitrogens is 1. The summed E-state index contributed by atoms with van der Waals surface area (Å²) in [5.74, 6) is -0.245. The van der Waals surface area contributed by atoms with Crippen molar-refractivity contribution < 1.29 is 4.79 Å². The van der Waals surface area contributed by atoms with E-state index in [0.29, 0.717) is 15.1 Å². The van der Waals surface area contributed by atoms with Gasteiger partial charge in [-0.05, 0) is 40.2 Å². The van der Waals surface area contributed by atoms with E-state index in [1.807, 2.05) is 24.3 Å². The van der Waals surface area contributed by atoms with Crippen molar-refractivity contribution in [3.63, 3.8) is 0 Å². The van der Waals surface area contributed by atoms with Crippen molar-refractivity contribution in [3.8, 4) is 0 Å². The van der Waals surface area contributed by atoms with Crippen LogP contribution in [0.2, 0.25) is 5.02 Å². The summed E-state index contributed by atoms with van der Waals surface area (Å²) in [5.41, 5.74) is 1.16. The third-order valence-electron chi connectivity index (χ3n) is 3.13. The topological polar surface area (TPSA) is 42.0 Å². The van der Waals surface area contributed by atoms with E-state index in [1.165, 1.54) is 0 Å². The maximum atomic E-state index is 12.4. The van der Waals surface area contributed by atoms with Crippen LogP contribution in [0.15, 0.2) is 59.3 Å². The standard InChI is InChI=1S/C16H10BrClN2O/c17-13-5-2-4-12(15(13)18)16(21)20-14-6-1-3-10-9-19-8-7-11(10)14/h1-9H,(H,20,21). The Balaban J connectivity index is 1.99. The molecule has 0 saturated carbocycles. The smallest absolute Gasteiger partial charge is 0.257 e. The summed E-state index contributed by atoms with van der Waals surface area (Å²) in [6.45, 7) is 0. The van der Waals surface area contributed by atoms with Crippen LogP contribution in [-0.4, -0.2) is 10.9 Å². The average molecular weight is 362 g/mol. The molecule has 1 amide bonds. The Morgan fingerprint density at radius 2 is 1.95 bits per heavy atom. The highest BCUT2D eigenvalue weighted by atomic mass is 79.9. The highest BCUT2D eigenvalue weighted by molar-refractivity contribution is 9.10. The van der Waals surface area contributed by atoms with E-state index in [1.54, 1.807) is 30.6 Å². The molecule has 3 rings (SSSR count). The largest absolute Gasteiger partial charge is 0.321 e. The molecule has 3 aromatic rings. The molecule has 0 saturated heterocycles. The summed E-state index contributed by atoms with van der Waals surface area (Å²) in [7, 11) is 0. The fourth-order valence-electron chi connectivity index (χ4n) is 2.10. The minimum absolute atomic E-state index is 0.245. The number of halogens is 2. The van der Waals surface area contributed by atoms with E-state index in [2.05, 4.69) is 26.2 Å². The Bertz CT molecular complexity index is 830. The lowest BCUT2D eigenvalue weighted by atomic mass is 10.1. The molecule has 1 heterocycles. The number of hydrogen-bond acceptors (Lipinski definition) is 2. The van der Waals surface area contributed by atoms with Crippen molar-refractivity contribution in [3.05, 3.63) is 69.9 Å². The van der Waals surface area contributed by atoms with E-state index in [-0.39, 0.29) is 5.91 Å². The highest BCUT2D eigenvalue weighted by Crippen LogP contribution is 2.28. The van der Waals surface area contributed by atoms with Gasteiger partial charge in [0.15, 0.2) is 0 Å². The summed E-state index contributed by atoms with van der Waals surface area (Å²) in [6.07, 6.45) is 3.46. The second kappa shape index (κ2) is 5.84. The lowest BCUT2D eigenvalue weighted by Crippen LogP contribution is -2.12. The molecule has 5 heteroatoms. The fourth-order valence-corrected chi connectivity index (χ4v) is 2.68. The normalized spacial score (nSPS) is 10.6. The zero-order valence-electron chi connectivity index (χ0n) is 10.8. The maximum Gasteiger partial charge on any atom is 0.257 e. The minimum Gasteiger partial charge on any atom is -0.321 e. The van der Waals surface area contributed by atoms with Crippen molar-refractivity contribution >= 4 is 49.9 Å². The van der Waals surface area contributed by atoms with Crippen LogP contribution < -0.4 is 5.32 Å². The maximum absolute atomic E-state index is 12.4. The highest BCUT2D eigenvalue weighted by Gasteiger charge is 2.13. The predicted molar refractivity (Wildman–Crippen MR) is 88.8 cm³/mol. The second-order valence-electron chi connectivity index (χ2n) is 4.46. The number of rotatable bonds is 2. The van der Waals surface area contributed by atoms with Gasteiger partial charge in [-0.1, -0.05) is 29.8 Å². The Morgan fingerprint density at radius 3 is 2.81 bits per heavy atom. The van der Waals surface area contributed by atoms with Crippen LogP contribution in [0.1, 0.15) is 10.4 Å². The molecule has 0 aliphatic carbocycles. The zero-order valence-corrected chi connectivity index (χ0v) is 13.1. The minimum atomic E-state index is -0.245. The summed E-state index contributed by atoms with van der Waals surface area (Å²) >= 11 is 9.47. The van der Waals surface area contributed by atoms with Gasteiger partial charge in [0.2, 0.25) is 0 Å². The van der Waals surface area contributed by atoms with Crippen LogP contribution >= 0.6 is 27.5 Å². The average Bonchev–Trinajstić information content (AvgIpc) is 2.50. The first-order chi connectivity index (χ1) is 10.2. The van der Waals surface area contributed by atoms with E-state index >= 15 is 0 Å². The van der Waals surface area contributed by atoms with E-state index in [0.717, 1.165) is 16.5 Å². The number of benzene rings is 2. The van der Waals surface area contributed by atoms with Crippen LogP contribution in [0.25, 0.3) is 10.8 Å². The zero-order chi connectivity index (χ0) is 14.8. The number of nitrogens with zero attached hydrogens (tertiary/aromatic N) is 1. The molecule has 0 aliphatic heterocycles. The van der Waals surface area contributed by atoms with Crippen molar-refractivity contribution in [1.82, 2.24) is 4.98 Å². The number of hydrogen-bond donors (Lipinski definition) is 1. The van der Waals surface area contributed by atoms with Crippen LogP contribution in [-0.2, 0) is 0 Å². The van der Waals surface area contributed by atoms with Gasteiger partial charge in [-0.2, -0.15) is 0 Å². The molecule has 0 spiro atoms. The Kier molecular flexibility index (Phi) is 3.90. The summed E-state index contributed by atoms with van der Waals surface area (Å²) in [6, 6.07) is 12.8. The van der Waals surface area contributed by atoms with Gasteiger partial charge in [-0.25, -0.2) is 0 Å². The number of fused-ring (bicyclic) bond motifs is 1. The Labute approximate surface area is 135 Å². The monoisotopic (exact) mass is 360 g/mol. The number of anilines is 1. The third kappa shape index (κ3) is 2.77. The van der Waals surface area contributed by atoms with Gasteiger partial charge in [-0.3, -0.25) is 9.78 Å². The molecule has 0 bridgehead atoms. The van der Waals surface area contributed by atoms with Gasteiger partial charge in [-0.15, -0.1) is 0 Å². The molecule has 0 fully saturated rings. The van der Waals surface area contributed by atoms with Crippen LogP contribution in [0.4, 0.5) is 5.69 Å². The van der Waals surface area contributed by atoms with Crippen LogP contribution in [0.5, 0.6) is 0 Å². The number of amides is 1. The summed E-state index contributed by atoms with van der Waals surface area (Å²) in [5, 5.41) is 5.20. The van der Waals surface area contributed by atoms with Gasteiger partial charge in [0.05, 0.1) is 10.6 Å². The SMILES string of the molecule is O=C(Nc1cccc2cnccc12)c1cccc(Br)c1Cl. The van der Waals surface area contributed by atoms with Gasteiger partial charge in [0.1, 0.15) is 0 Å². The molecule has 2 aromatic carbocycles. The molecular formula is C16H10BrClN2O. The van der Waals surface area contributed by atoms with Crippen molar-refractivity contribution in [1.29, 1.82) is 0 Å². The molecular weight excluding hydrogens is 352 g/mol. The first-order valence-corrected chi connectivity index (χ1v) is 7.42.